The molecule has 0 aromatic carbocycles. The Labute approximate surface area is 114 Å². The van der Waals surface area contributed by atoms with Gasteiger partial charge in [-0.25, -0.2) is 9.97 Å². The van der Waals surface area contributed by atoms with E-state index in [1.165, 1.54) is 0 Å². The zero-order valence-corrected chi connectivity index (χ0v) is 11.7. The molecule has 0 saturated carbocycles. The number of rotatable bonds is 4. The van der Waals surface area contributed by atoms with Gasteiger partial charge < -0.3 is 10.2 Å². The van der Waals surface area contributed by atoms with Crippen molar-refractivity contribution >= 4 is 11.9 Å². The largest absolute Gasteiger partial charge is 0.353 e. The van der Waals surface area contributed by atoms with E-state index in [4.69, 9.17) is 0 Å². The number of amides is 1. The van der Waals surface area contributed by atoms with Crippen molar-refractivity contribution in [3.05, 3.63) is 18.5 Å². The first-order valence-corrected chi connectivity index (χ1v) is 7.03. The number of hydrogen-bond donors (Lipinski definition) is 1. The molecule has 1 saturated heterocycles. The third-order valence-electron chi connectivity index (χ3n) is 3.63. The maximum Gasteiger partial charge on any atom is 0.225 e. The van der Waals surface area contributed by atoms with Crippen molar-refractivity contribution in [2.75, 3.05) is 18.0 Å². The normalized spacial score (nSPS) is 20.9. The minimum absolute atomic E-state index is 0.0477. The van der Waals surface area contributed by atoms with Crippen molar-refractivity contribution in [3.8, 4) is 0 Å². The summed E-state index contributed by atoms with van der Waals surface area (Å²) in [4.78, 5) is 22.8. The Kier molecular flexibility index (Phi) is 4.71. The predicted molar refractivity (Wildman–Crippen MR) is 74.9 cm³/mol. The summed E-state index contributed by atoms with van der Waals surface area (Å²) in [6, 6.07) is 2.05. The highest BCUT2D eigenvalue weighted by Crippen LogP contribution is 2.20. The molecule has 1 aromatic heterocycles. The first-order chi connectivity index (χ1) is 9.20. The van der Waals surface area contributed by atoms with Crippen LogP contribution in [0.3, 0.4) is 0 Å². The van der Waals surface area contributed by atoms with Crippen molar-refractivity contribution < 1.29 is 4.79 Å². The van der Waals surface area contributed by atoms with E-state index >= 15 is 0 Å². The zero-order valence-electron chi connectivity index (χ0n) is 11.7. The van der Waals surface area contributed by atoms with E-state index in [9.17, 15) is 4.79 Å². The Morgan fingerprint density at radius 1 is 1.53 bits per heavy atom. The van der Waals surface area contributed by atoms with Gasteiger partial charge in [0, 0.05) is 31.5 Å². The predicted octanol–water partition coefficient (Wildman–Crippen LogP) is 1.61. The van der Waals surface area contributed by atoms with E-state index in [2.05, 4.69) is 27.1 Å². The lowest BCUT2D eigenvalue weighted by atomic mass is 9.97. The van der Waals surface area contributed by atoms with Crippen LogP contribution in [0.1, 0.15) is 33.1 Å². The minimum atomic E-state index is 0.0477. The second kappa shape index (κ2) is 6.50. The maximum atomic E-state index is 12.2. The summed E-state index contributed by atoms with van der Waals surface area (Å²) in [5, 5.41) is 3.06. The van der Waals surface area contributed by atoms with Gasteiger partial charge in [0.1, 0.15) is 0 Å². The SMILES string of the molecule is CC[C@@H](C)NC(=O)[C@@H]1CCCN(c2ncccn2)C1. The molecule has 5 heteroatoms. The van der Waals surface area contributed by atoms with Crippen LogP contribution in [0.25, 0.3) is 0 Å². The van der Waals surface area contributed by atoms with Gasteiger partial charge in [0.05, 0.1) is 5.92 Å². The number of nitrogens with one attached hydrogen (secondary N) is 1. The van der Waals surface area contributed by atoms with Crippen molar-refractivity contribution in [2.45, 2.75) is 39.2 Å². The average Bonchev–Trinajstić information content (AvgIpc) is 2.48. The van der Waals surface area contributed by atoms with Crippen molar-refractivity contribution in [1.29, 1.82) is 0 Å². The Morgan fingerprint density at radius 3 is 2.95 bits per heavy atom. The molecule has 2 heterocycles. The molecule has 1 aliphatic rings. The molecule has 2 rings (SSSR count). The Hall–Kier alpha value is -1.65. The first-order valence-electron chi connectivity index (χ1n) is 7.03. The van der Waals surface area contributed by atoms with Crippen LogP contribution in [0, 0.1) is 5.92 Å². The number of anilines is 1. The molecule has 0 aliphatic carbocycles. The summed E-state index contributed by atoms with van der Waals surface area (Å²) in [5.41, 5.74) is 0. The molecule has 1 N–H and O–H groups in total. The molecule has 1 amide bonds. The fraction of sp³-hybridized carbons (Fsp3) is 0.643. The van der Waals surface area contributed by atoms with Gasteiger partial charge in [-0.2, -0.15) is 0 Å². The van der Waals surface area contributed by atoms with Gasteiger partial charge in [-0.15, -0.1) is 0 Å². The van der Waals surface area contributed by atoms with E-state index in [-0.39, 0.29) is 17.9 Å². The van der Waals surface area contributed by atoms with Gasteiger partial charge in [0.25, 0.3) is 0 Å². The number of piperidine rings is 1. The molecule has 5 nitrogen and oxygen atoms in total. The summed E-state index contributed by atoms with van der Waals surface area (Å²) in [6.07, 6.45) is 6.41. The highest BCUT2D eigenvalue weighted by molar-refractivity contribution is 5.79. The molecular weight excluding hydrogens is 240 g/mol. The van der Waals surface area contributed by atoms with Gasteiger partial charge >= 0.3 is 0 Å². The van der Waals surface area contributed by atoms with E-state index in [0.717, 1.165) is 31.8 Å². The fourth-order valence-corrected chi connectivity index (χ4v) is 2.29. The van der Waals surface area contributed by atoms with E-state index in [0.29, 0.717) is 6.54 Å². The van der Waals surface area contributed by atoms with Crippen molar-refractivity contribution in [1.82, 2.24) is 15.3 Å². The topological polar surface area (TPSA) is 58.1 Å². The van der Waals surface area contributed by atoms with Crippen LogP contribution in [0.5, 0.6) is 0 Å². The molecule has 0 radical (unpaired) electrons. The number of hydrogen-bond acceptors (Lipinski definition) is 4. The van der Waals surface area contributed by atoms with Crippen LogP contribution in [-0.4, -0.2) is 35.0 Å². The molecule has 1 fully saturated rings. The van der Waals surface area contributed by atoms with Crippen LogP contribution >= 0.6 is 0 Å². The van der Waals surface area contributed by atoms with E-state index in [1.807, 2.05) is 6.92 Å². The number of carbonyl (C=O) groups is 1. The first kappa shape index (κ1) is 13.8. The third-order valence-corrected chi connectivity index (χ3v) is 3.63. The molecule has 0 unspecified atom stereocenters. The van der Waals surface area contributed by atoms with Gasteiger partial charge in [-0.1, -0.05) is 6.92 Å². The molecule has 0 spiro atoms. The molecule has 1 aliphatic heterocycles. The number of carbonyl (C=O) groups excluding carboxylic acids is 1. The van der Waals surface area contributed by atoms with Gasteiger partial charge in [-0.05, 0) is 32.3 Å². The molecule has 1 aromatic rings. The van der Waals surface area contributed by atoms with Crippen LogP contribution in [-0.2, 0) is 4.79 Å². The standard InChI is InChI=1S/C14H22N4O/c1-3-11(2)17-13(19)12-6-4-9-18(10-12)14-15-7-5-8-16-14/h5,7-8,11-12H,3-4,6,9-10H2,1-2H3,(H,17,19)/t11-,12-/m1/s1. The Balaban J connectivity index is 1.95. The smallest absolute Gasteiger partial charge is 0.225 e. The highest BCUT2D eigenvalue weighted by Gasteiger charge is 2.27. The van der Waals surface area contributed by atoms with Crippen LogP contribution in [0.2, 0.25) is 0 Å². The van der Waals surface area contributed by atoms with E-state index in [1.54, 1.807) is 18.5 Å². The van der Waals surface area contributed by atoms with Crippen LogP contribution in [0.15, 0.2) is 18.5 Å². The van der Waals surface area contributed by atoms with Crippen LogP contribution in [0.4, 0.5) is 5.95 Å². The van der Waals surface area contributed by atoms with Gasteiger partial charge in [0.15, 0.2) is 0 Å². The minimum Gasteiger partial charge on any atom is -0.353 e. The number of nitrogens with zero attached hydrogens (tertiary/aromatic N) is 3. The second-order valence-electron chi connectivity index (χ2n) is 5.15. The summed E-state index contributed by atoms with van der Waals surface area (Å²) in [5.74, 6) is 0.935. The molecule has 2 atom stereocenters. The van der Waals surface area contributed by atoms with Crippen molar-refractivity contribution in [3.63, 3.8) is 0 Å². The lowest BCUT2D eigenvalue weighted by Crippen LogP contribution is -2.45. The molecular formula is C14H22N4O. The van der Waals surface area contributed by atoms with Crippen LogP contribution < -0.4 is 10.2 Å². The summed E-state index contributed by atoms with van der Waals surface area (Å²) >= 11 is 0. The molecule has 104 valence electrons. The second-order valence-corrected chi connectivity index (χ2v) is 5.15. The maximum absolute atomic E-state index is 12.2. The van der Waals surface area contributed by atoms with Gasteiger partial charge in [-0.3, -0.25) is 4.79 Å². The monoisotopic (exact) mass is 262 g/mol. The third kappa shape index (κ3) is 3.66. The highest BCUT2D eigenvalue weighted by atomic mass is 16.2. The van der Waals surface area contributed by atoms with Crippen molar-refractivity contribution in [2.24, 2.45) is 5.92 Å². The lowest BCUT2D eigenvalue weighted by molar-refractivity contribution is -0.125. The molecule has 19 heavy (non-hydrogen) atoms. The summed E-state index contributed by atoms with van der Waals surface area (Å²) < 4.78 is 0. The quantitative estimate of drug-likeness (QED) is 0.895. The zero-order chi connectivity index (χ0) is 13.7. The summed E-state index contributed by atoms with van der Waals surface area (Å²) in [6.45, 7) is 5.76. The Bertz CT molecular complexity index is 409. The Morgan fingerprint density at radius 2 is 2.26 bits per heavy atom. The molecule has 0 bridgehead atoms. The lowest BCUT2D eigenvalue weighted by Gasteiger charge is -2.32. The fourth-order valence-electron chi connectivity index (χ4n) is 2.29. The average molecular weight is 262 g/mol. The van der Waals surface area contributed by atoms with Gasteiger partial charge in [0.2, 0.25) is 11.9 Å². The number of aromatic nitrogens is 2. The van der Waals surface area contributed by atoms with E-state index < -0.39 is 0 Å². The summed E-state index contributed by atoms with van der Waals surface area (Å²) in [7, 11) is 0.